The molecule has 5 amide bonds. The number of aliphatic hydroxyl groups excluding tert-OH is 1. The average molecular weight is 620 g/mol. The molecule has 1 aliphatic heterocycles. The molecule has 1 aliphatic carbocycles. The first-order chi connectivity index (χ1) is 20.9. The molecule has 1 heterocycles. The predicted molar refractivity (Wildman–Crippen MR) is 160 cm³/mol. The maximum absolute atomic E-state index is 13.7. The van der Waals surface area contributed by atoms with Gasteiger partial charge in [-0.1, -0.05) is 32.3 Å². The maximum Gasteiger partial charge on any atom is 0.416 e. The average Bonchev–Trinajstić information content (AvgIpc) is 2.99. The van der Waals surface area contributed by atoms with Gasteiger partial charge in [-0.05, 0) is 56.2 Å². The lowest BCUT2D eigenvalue weighted by molar-refractivity contribution is -0.137. The molecule has 0 spiro atoms. The molecule has 2 aromatic rings. The highest BCUT2D eigenvalue weighted by Crippen LogP contribution is 2.35. The number of likely N-dealkylation sites (N-methyl/N-ethyl adjacent to an activating group) is 1. The summed E-state index contributed by atoms with van der Waals surface area (Å²) in [6, 6.07) is 7.28. The van der Waals surface area contributed by atoms with E-state index in [2.05, 4.69) is 16.0 Å². The van der Waals surface area contributed by atoms with Crippen molar-refractivity contribution in [3.05, 3.63) is 53.6 Å². The van der Waals surface area contributed by atoms with E-state index in [0.29, 0.717) is 0 Å². The van der Waals surface area contributed by atoms with E-state index in [9.17, 15) is 32.7 Å². The molecule has 0 aromatic heterocycles. The normalized spacial score (nSPS) is 20.0. The van der Waals surface area contributed by atoms with Crippen LogP contribution in [0, 0.1) is 5.92 Å². The van der Waals surface area contributed by atoms with Crippen LogP contribution in [-0.2, 0) is 6.18 Å². The smallest absolute Gasteiger partial charge is 0.416 e. The monoisotopic (exact) mass is 619 g/mol. The molecule has 2 aromatic carbocycles. The molecule has 44 heavy (non-hydrogen) atoms. The van der Waals surface area contributed by atoms with Crippen LogP contribution in [0.15, 0.2) is 42.5 Å². The van der Waals surface area contributed by atoms with Crippen LogP contribution in [0.3, 0.4) is 0 Å². The molecule has 4 rings (SSSR count). The van der Waals surface area contributed by atoms with Crippen molar-refractivity contribution < 1.29 is 37.4 Å². The molecule has 1 fully saturated rings. The summed E-state index contributed by atoms with van der Waals surface area (Å²) >= 11 is 0. The molecule has 0 radical (unpaired) electrons. The van der Waals surface area contributed by atoms with Crippen LogP contribution in [0.25, 0.3) is 0 Å². The number of amides is 5. The Balaban J connectivity index is 1.57. The minimum absolute atomic E-state index is 0.0906. The van der Waals surface area contributed by atoms with Gasteiger partial charge in [0.25, 0.3) is 5.91 Å². The second kappa shape index (κ2) is 14.2. The Morgan fingerprint density at radius 2 is 1.77 bits per heavy atom. The van der Waals surface area contributed by atoms with Gasteiger partial charge in [0.05, 0.1) is 36.0 Å². The number of fused-ring (bicyclic) bond motifs is 1. The number of nitrogens with one attached hydrogen (secondary N) is 3. The van der Waals surface area contributed by atoms with Crippen molar-refractivity contribution in [1.29, 1.82) is 0 Å². The number of carbonyl (C=O) groups excluding carboxylic acids is 3. The van der Waals surface area contributed by atoms with Crippen molar-refractivity contribution in [3.63, 3.8) is 0 Å². The Hall–Kier alpha value is -4.00. The predicted octanol–water partition coefficient (Wildman–Crippen LogP) is 5.54. The van der Waals surface area contributed by atoms with Gasteiger partial charge in [-0.3, -0.25) is 4.79 Å². The molecule has 0 saturated heterocycles. The topological polar surface area (TPSA) is 123 Å². The molecular weight excluding hydrogens is 579 g/mol. The van der Waals surface area contributed by atoms with E-state index in [1.807, 2.05) is 6.92 Å². The Bertz CT molecular complexity index is 1320. The fourth-order valence-corrected chi connectivity index (χ4v) is 5.47. The number of nitrogens with zero attached hydrogens (tertiary/aromatic N) is 2. The number of alkyl halides is 3. The zero-order valence-corrected chi connectivity index (χ0v) is 25.1. The third-order valence-electron chi connectivity index (χ3n) is 8.14. The number of carbonyl (C=O) groups is 3. The van der Waals surface area contributed by atoms with Gasteiger partial charge in [-0.2, -0.15) is 13.2 Å². The quantitative estimate of drug-likeness (QED) is 0.324. The SMILES string of the molecule is C[C@H]1CN([C@@H](C)CO)C(=O)c2cccc(NC(=O)Nc3ccc(C(F)(F)F)cc3)c2O[C@H]1CN(C)C(=O)NC1CCCCC1. The highest BCUT2D eigenvalue weighted by atomic mass is 19.4. The molecule has 10 nitrogen and oxygen atoms in total. The van der Waals surface area contributed by atoms with Gasteiger partial charge < -0.3 is 35.6 Å². The molecule has 13 heteroatoms. The third-order valence-corrected chi connectivity index (χ3v) is 8.14. The van der Waals surface area contributed by atoms with E-state index in [1.54, 1.807) is 42.0 Å². The minimum atomic E-state index is -4.51. The van der Waals surface area contributed by atoms with E-state index < -0.39 is 35.8 Å². The zero-order chi connectivity index (χ0) is 32.0. The van der Waals surface area contributed by atoms with Gasteiger partial charge in [0.15, 0.2) is 5.75 Å². The van der Waals surface area contributed by atoms with Crippen LogP contribution in [0.2, 0.25) is 0 Å². The van der Waals surface area contributed by atoms with Gasteiger partial charge in [-0.25, -0.2) is 9.59 Å². The van der Waals surface area contributed by atoms with E-state index >= 15 is 0 Å². The number of benzene rings is 2. The van der Waals surface area contributed by atoms with Crippen LogP contribution in [-0.4, -0.2) is 77.8 Å². The van der Waals surface area contributed by atoms with E-state index in [0.717, 1.165) is 56.4 Å². The van der Waals surface area contributed by atoms with E-state index in [-0.39, 0.29) is 60.4 Å². The van der Waals surface area contributed by atoms with Crippen molar-refractivity contribution in [2.24, 2.45) is 5.92 Å². The largest absolute Gasteiger partial charge is 0.485 e. The summed E-state index contributed by atoms with van der Waals surface area (Å²) in [6.45, 7) is 3.79. The van der Waals surface area contributed by atoms with Gasteiger partial charge in [-0.15, -0.1) is 0 Å². The van der Waals surface area contributed by atoms with Crippen LogP contribution in [0.4, 0.5) is 34.1 Å². The summed E-state index contributed by atoms with van der Waals surface area (Å²) in [7, 11) is 1.68. The van der Waals surface area contributed by atoms with Crippen molar-refractivity contribution in [2.45, 2.75) is 70.3 Å². The van der Waals surface area contributed by atoms with E-state index in [1.165, 1.54) is 0 Å². The van der Waals surface area contributed by atoms with Crippen LogP contribution >= 0.6 is 0 Å². The summed E-state index contributed by atoms with van der Waals surface area (Å²) in [6.07, 6.45) is 0.0664. The number of para-hydroxylation sites is 1. The first-order valence-corrected chi connectivity index (χ1v) is 14.9. The number of anilines is 2. The second-order valence-electron chi connectivity index (χ2n) is 11.6. The molecule has 4 N–H and O–H groups in total. The number of hydrogen-bond acceptors (Lipinski definition) is 5. The summed E-state index contributed by atoms with van der Waals surface area (Å²) in [5, 5.41) is 18.1. The lowest BCUT2D eigenvalue weighted by Crippen LogP contribution is -2.52. The Labute approximate surface area is 254 Å². The second-order valence-corrected chi connectivity index (χ2v) is 11.6. The zero-order valence-electron chi connectivity index (χ0n) is 25.1. The number of hydrogen-bond donors (Lipinski definition) is 4. The molecule has 1 saturated carbocycles. The lowest BCUT2D eigenvalue weighted by Gasteiger charge is -2.38. The van der Waals surface area contributed by atoms with Crippen molar-refractivity contribution in [3.8, 4) is 5.75 Å². The summed E-state index contributed by atoms with van der Waals surface area (Å²) < 4.78 is 45.2. The highest BCUT2D eigenvalue weighted by molar-refractivity contribution is 6.04. The van der Waals surface area contributed by atoms with Crippen molar-refractivity contribution in [1.82, 2.24) is 15.1 Å². The molecule has 0 bridgehead atoms. The minimum Gasteiger partial charge on any atom is -0.485 e. The molecule has 2 aliphatic rings. The first kappa shape index (κ1) is 32.9. The number of halogens is 3. The number of rotatable bonds is 7. The Kier molecular flexibility index (Phi) is 10.6. The fourth-order valence-electron chi connectivity index (χ4n) is 5.47. The summed E-state index contributed by atoms with van der Waals surface area (Å²) in [4.78, 5) is 42.7. The summed E-state index contributed by atoms with van der Waals surface area (Å²) in [5.74, 6) is -0.588. The number of ether oxygens (including phenoxy) is 1. The molecule has 240 valence electrons. The Morgan fingerprint density at radius 3 is 2.41 bits per heavy atom. The maximum atomic E-state index is 13.7. The van der Waals surface area contributed by atoms with Gasteiger partial charge in [0, 0.05) is 31.2 Å². The van der Waals surface area contributed by atoms with Gasteiger partial charge in [0.2, 0.25) is 0 Å². The van der Waals surface area contributed by atoms with Crippen molar-refractivity contribution >= 4 is 29.3 Å². The molecule has 0 unspecified atom stereocenters. The van der Waals surface area contributed by atoms with Gasteiger partial charge >= 0.3 is 18.2 Å². The lowest BCUT2D eigenvalue weighted by atomic mass is 9.96. The van der Waals surface area contributed by atoms with Crippen LogP contribution in [0.1, 0.15) is 61.9 Å². The standard InChI is InChI=1S/C31H40F3N5O5/c1-19-16-39(20(2)18-40)28(41)24-10-7-11-25(37-29(42)35-23-14-12-21(13-15-23)31(32,33)34)27(24)44-26(19)17-38(3)30(43)36-22-8-5-4-6-9-22/h7,10-15,19-20,22,26,40H,4-6,8-9,16-18H2,1-3H3,(H,36,43)(H2,35,37,42)/t19-,20-,26-/m0/s1. The van der Waals surface area contributed by atoms with Gasteiger partial charge in [0.1, 0.15) is 6.10 Å². The van der Waals surface area contributed by atoms with Crippen LogP contribution < -0.4 is 20.7 Å². The summed E-state index contributed by atoms with van der Waals surface area (Å²) in [5.41, 5.74) is -0.403. The van der Waals surface area contributed by atoms with Crippen LogP contribution in [0.5, 0.6) is 5.75 Å². The third kappa shape index (κ3) is 8.13. The Morgan fingerprint density at radius 1 is 1.09 bits per heavy atom. The number of urea groups is 2. The molecular formula is C31H40F3N5O5. The first-order valence-electron chi connectivity index (χ1n) is 14.9. The molecule has 3 atom stereocenters. The number of aliphatic hydroxyl groups is 1. The fraction of sp³-hybridized carbons (Fsp3) is 0.516. The van der Waals surface area contributed by atoms with E-state index in [4.69, 9.17) is 4.74 Å². The highest BCUT2D eigenvalue weighted by Gasteiger charge is 2.35. The van der Waals surface area contributed by atoms with Crippen molar-refractivity contribution in [2.75, 3.05) is 37.4 Å².